The van der Waals surface area contributed by atoms with Gasteiger partial charge in [0.25, 0.3) is 18.1 Å². The molecule has 61 heavy (non-hydrogen) atoms. The van der Waals surface area contributed by atoms with Gasteiger partial charge in [0.15, 0.2) is 0 Å². The lowest BCUT2D eigenvalue weighted by Crippen LogP contribution is -2.56. The first-order valence-corrected chi connectivity index (χ1v) is 18.8. The number of nitrogens with zero attached hydrogens (tertiary/aromatic N) is 5. The van der Waals surface area contributed by atoms with Gasteiger partial charge in [-0.15, -0.1) is 0 Å². The standard InChI is InChI=1S/C18H19F6N3O3.C13H17F6NO2.C6H5NO2/c19-17(20,21)14(18(22,23)24)30-15(29)26-9-5-16(6-10-26)4-2-8-27(16)13(28)12-3-1-7-25-11-12;14-12(15,16)9(13(17,18)19)22-10(21)20-7-5-11(6-8-20)3-1-2-4-11;8-6(9)5-2-1-3-7-4-5/h1,3,7,11,14H,2,4-6,8-10H2;9H,1-8H2;1-4H,(H,8,9). The minimum Gasteiger partial charge on any atom is -0.478 e. The molecule has 1 N–H and O–H groups in total. The molecule has 2 aromatic heterocycles. The van der Waals surface area contributed by atoms with Gasteiger partial charge >= 0.3 is 42.9 Å². The predicted molar refractivity (Wildman–Crippen MR) is 186 cm³/mol. The van der Waals surface area contributed by atoms with Gasteiger partial charge in [-0.2, -0.15) is 52.7 Å². The maximum atomic E-state index is 12.8. The van der Waals surface area contributed by atoms with Crippen LogP contribution >= 0.6 is 0 Å². The van der Waals surface area contributed by atoms with E-state index in [9.17, 15) is 71.9 Å². The normalized spacial score (nSPS) is 19.0. The first kappa shape index (κ1) is 48.6. The second-order valence-corrected chi connectivity index (χ2v) is 14.9. The van der Waals surface area contributed by atoms with Crippen LogP contribution < -0.4 is 0 Å². The van der Waals surface area contributed by atoms with Crippen molar-refractivity contribution in [1.29, 1.82) is 0 Å². The molecular weight excluding hydrogens is 854 g/mol. The number of aromatic nitrogens is 2. The number of aromatic carboxylic acids is 1. The Hall–Kier alpha value is -5.06. The quantitative estimate of drug-likeness (QED) is 0.298. The first-order valence-electron chi connectivity index (χ1n) is 18.8. The Kier molecular flexibility index (Phi) is 15.4. The largest absolute Gasteiger partial charge is 0.478 e. The van der Waals surface area contributed by atoms with Crippen molar-refractivity contribution in [2.75, 3.05) is 32.7 Å². The Morgan fingerprint density at radius 1 is 0.574 bits per heavy atom. The fourth-order valence-electron chi connectivity index (χ4n) is 7.79. The summed E-state index contributed by atoms with van der Waals surface area (Å²) in [6, 6.07) is 6.31. The molecule has 1 aliphatic carbocycles. The molecule has 24 heteroatoms. The van der Waals surface area contributed by atoms with Crippen LogP contribution in [0.25, 0.3) is 0 Å². The van der Waals surface area contributed by atoms with Gasteiger partial charge in [0.1, 0.15) is 0 Å². The number of piperidine rings is 2. The molecule has 3 amide bonds. The van der Waals surface area contributed by atoms with Gasteiger partial charge in [-0.05, 0) is 81.0 Å². The maximum absolute atomic E-state index is 12.8. The van der Waals surface area contributed by atoms with Crippen molar-refractivity contribution in [3.05, 3.63) is 60.2 Å². The summed E-state index contributed by atoms with van der Waals surface area (Å²) in [7, 11) is 0. The number of carbonyl (C=O) groups excluding carboxylic acids is 3. The zero-order valence-electron chi connectivity index (χ0n) is 32.0. The van der Waals surface area contributed by atoms with Crippen molar-refractivity contribution in [2.45, 2.75) is 107 Å². The molecule has 0 unspecified atom stereocenters. The zero-order valence-corrected chi connectivity index (χ0v) is 32.0. The van der Waals surface area contributed by atoms with E-state index in [0.717, 1.165) is 35.5 Å². The van der Waals surface area contributed by atoms with E-state index in [1.54, 1.807) is 23.1 Å². The highest BCUT2D eigenvalue weighted by Crippen LogP contribution is 2.47. The number of carboxylic acid groups (broad SMARTS) is 1. The number of amides is 3. The highest BCUT2D eigenvalue weighted by molar-refractivity contribution is 5.94. The summed E-state index contributed by atoms with van der Waals surface area (Å²) in [5.41, 5.74) is 0.109. The van der Waals surface area contributed by atoms with Gasteiger partial charge < -0.3 is 29.3 Å². The van der Waals surface area contributed by atoms with E-state index in [0.29, 0.717) is 37.8 Å². The van der Waals surface area contributed by atoms with Gasteiger partial charge in [-0.25, -0.2) is 14.4 Å². The Labute approximate surface area is 340 Å². The molecule has 4 fully saturated rings. The molecule has 12 nitrogen and oxygen atoms in total. The van der Waals surface area contributed by atoms with Gasteiger partial charge in [-0.1, -0.05) is 12.8 Å². The lowest BCUT2D eigenvalue weighted by Gasteiger charge is -2.44. The molecule has 0 atom stereocenters. The second-order valence-electron chi connectivity index (χ2n) is 14.9. The monoisotopic (exact) mass is 895 g/mol. The van der Waals surface area contributed by atoms with Crippen molar-refractivity contribution in [2.24, 2.45) is 5.41 Å². The molecule has 0 bridgehead atoms. The van der Waals surface area contributed by atoms with Crippen LogP contribution in [0.3, 0.4) is 0 Å². The molecule has 3 saturated heterocycles. The fourth-order valence-corrected chi connectivity index (χ4v) is 7.79. The van der Waals surface area contributed by atoms with Crippen molar-refractivity contribution in [3.63, 3.8) is 0 Å². The average Bonchev–Trinajstić information content (AvgIpc) is 3.82. The Balaban J connectivity index is 0.000000230. The van der Waals surface area contributed by atoms with Crippen LogP contribution in [0.4, 0.5) is 62.3 Å². The number of pyridine rings is 2. The number of carbonyl (C=O) groups is 4. The summed E-state index contributed by atoms with van der Waals surface area (Å²) < 4.78 is 157. The number of hydrogen-bond donors (Lipinski definition) is 1. The third-order valence-corrected chi connectivity index (χ3v) is 11.0. The molecular formula is C37H41F12N5O7. The SMILES string of the molecule is O=C(O)c1cccnc1.O=C(OC(C(F)(F)F)C(F)(F)F)N1CCC2(CCCC2)CC1.O=C(OC(C(F)(F)F)C(F)(F)F)N1CCC2(CCCN2C(=O)c2cccnc2)CC1. The highest BCUT2D eigenvalue weighted by atomic mass is 19.4. The third-order valence-electron chi connectivity index (χ3n) is 11.0. The van der Waals surface area contributed by atoms with Crippen LogP contribution in [-0.4, -0.2) is 129 Å². The van der Waals surface area contributed by atoms with E-state index in [-0.39, 0.29) is 55.9 Å². The molecule has 3 aliphatic heterocycles. The topological polar surface area (TPSA) is 142 Å². The fraction of sp³-hybridized carbons (Fsp3) is 0.622. The summed E-state index contributed by atoms with van der Waals surface area (Å²) in [6.07, 6.45) is -21.4. The Bertz CT molecular complexity index is 1740. The minimum absolute atomic E-state index is 0.101. The van der Waals surface area contributed by atoms with E-state index in [1.165, 1.54) is 30.9 Å². The van der Waals surface area contributed by atoms with Crippen LogP contribution in [0.15, 0.2) is 49.1 Å². The van der Waals surface area contributed by atoms with Gasteiger partial charge in [-0.3, -0.25) is 14.8 Å². The van der Waals surface area contributed by atoms with Crippen LogP contribution in [0.2, 0.25) is 0 Å². The van der Waals surface area contributed by atoms with Gasteiger partial charge in [0, 0.05) is 63.1 Å². The maximum Gasteiger partial charge on any atom is 0.434 e. The summed E-state index contributed by atoms with van der Waals surface area (Å²) in [6.45, 7) is 0.529. The molecule has 0 aromatic carbocycles. The molecule has 0 radical (unpaired) electrons. The summed E-state index contributed by atoms with van der Waals surface area (Å²) in [4.78, 5) is 57.5. The molecule has 2 spiro atoms. The summed E-state index contributed by atoms with van der Waals surface area (Å²) >= 11 is 0. The minimum atomic E-state index is -5.76. The van der Waals surface area contributed by atoms with E-state index in [4.69, 9.17) is 5.11 Å². The molecule has 6 rings (SSSR count). The lowest BCUT2D eigenvalue weighted by atomic mass is 9.77. The number of halogens is 12. The van der Waals surface area contributed by atoms with Crippen LogP contribution in [-0.2, 0) is 9.47 Å². The lowest BCUT2D eigenvalue weighted by molar-refractivity contribution is -0.309. The predicted octanol–water partition coefficient (Wildman–Crippen LogP) is 8.83. The van der Waals surface area contributed by atoms with Crippen LogP contribution in [0.5, 0.6) is 0 Å². The zero-order chi connectivity index (χ0) is 45.4. The van der Waals surface area contributed by atoms with Crippen LogP contribution in [0, 0.1) is 5.41 Å². The smallest absolute Gasteiger partial charge is 0.434 e. The first-order chi connectivity index (χ1) is 28.3. The molecule has 2 aromatic rings. The number of alkyl halides is 12. The van der Waals surface area contributed by atoms with Gasteiger partial charge in [0.05, 0.1) is 11.1 Å². The number of carboxylic acids is 1. The molecule has 5 heterocycles. The van der Waals surface area contributed by atoms with Crippen molar-refractivity contribution in [1.82, 2.24) is 24.7 Å². The van der Waals surface area contributed by atoms with Crippen molar-refractivity contribution in [3.8, 4) is 0 Å². The number of hydrogen-bond acceptors (Lipinski definition) is 8. The van der Waals surface area contributed by atoms with E-state index in [2.05, 4.69) is 19.4 Å². The summed E-state index contributed by atoms with van der Waals surface area (Å²) in [5, 5.41) is 8.34. The summed E-state index contributed by atoms with van der Waals surface area (Å²) in [5.74, 6) is -1.19. The van der Waals surface area contributed by atoms with E-state index >= 15 is 0 Å². The van der Waals surface area contributed by atoms with Crippen molar-refractivity contribution < 1.29 is 86.4 Å². The number of likely N-dealkylation sites (tertiary alicyclic amines) is 3. The molecule has 4 aliphatic rings. The molecule has 340 valence electrons. The van der Waals surface area contributed by atoms with E-state index in [1.807, 2.05) is 0 Å². The van der Waals surface area contributed by atoms with Gasteiger partial charge in [0.2, 0.25) is 0 Å². The second kappa shape index (κ2) is 19.3. The highest BCUT2D eigenvalue weighted by Gasteiger charge is 2.61. The Morgan fingerprint density at radius 2 is 0.984 bits per heavy atom. The Morgan fingerprint density at radius 3 is 1.34 bits per heavy atom. The third kappa shape index (κ3) is 13.0. The van der Waals surface area contributed by atoms with Crippen LogP contribution in [0.1, 0.15) is 84.9 Å². The number of ether oxygens (including phenoxy) is 2. The average molecular weight is 896 g/mol. The molecule has 1 saturated carbocycles. The van der Waals surface area contributed by atoms with E-state index < -0.39 is 60.6 Å². The number of rotatable bonds is 4. The van der Waals surface area contributed by atoms with Crippen molar-refractivity contribution >= 4 is 24.1 Å².